The van der Waals surface area contributed by atoms with Crippen molar-refractivity contribution in [3.8, 4) is 0 Å². The molecule has 0 radical (unpaired) electrons. The van der Waals surface area contributed by atoms with Crippen molar-refractivity contribution in [3.05, 3.63) is 69.1 Å². The fourth-order valence-corrected chi connectivity index (χ4v) is 2.80. The summed E-state index contributed by atoms with van der Waals surface area (Å²) in [6.07, 6.45) is 2.57. The smallest absolute Gasteiger partial charge is 0.261 e. The summed E-state index contributed by atoms with van der Waals surface area (Å²) in [5.74, 6) is -0.454. The van der Waals surface area contributed by atoms with Crippen molar-refractivity contribution in [1.29, 1.82) is 0 Å². The molecule has 0 spiro atoms. The zero-order valence-corrected chi connectivity index (χ0v) is 12.7. The van der Waals surface area contributed by atoms with Crippen LogP contribution in [0.1, 0.15) is 44.8 Å². The van der Waals surface area contributed by atoms with E-state index in [4.69, 9.17) is 0 Å². The van der Waals surface area contributed by atoms with Gasteiger partial charge in [-0.25, -0.2) is 0 Å². The number of benzene rings is 1. The van der Waals surface area contributed by atoms with Gasteiger partial charge in [0.15, 0.2) is 5.78 Å². The van der Waals surface area contributed by atoms with E-state index in [1.807, 2.05) is 30.3 Å². The second-order valence-electron chi connectivity index (χ2n) is 5.67. The Bertz CT molecular complexity index is 794. The molecule has 0 bridgehead atoms. The molecule has 1 heterocycles. The summed E-state index contributed by atoms with van der Waals surface area (Å²) in [4.78, 5) is 38.8. The maximum Gasteiger partial charge on any atom is 0.261 e. The van der Waals surface area contributed by atoms with Crippen LogP contribution in [0.15, 0.2) is 41.2 Å². The van der Waals surface area contributed by atoms with E-state index in [1.54, 1.807) is 0 Å². The number of carbonyl (C=O) groups is 2. The predicted octanol–water partition coefficient (Wildman–Crippen LogP) is 1.87. The maximum atomic E-state index is 12.2. The van der Waals surface area contributed by atoms with Gasteiger partial charge in [0.2, 0.25) is 0 Å². The van der Waals surface area contributed by atoms with E-state index < -0.39 is 11.5 Å². The molecule has 0 aliphatic heterocycles. The largest absolute Gasteiger partial charge is 0.352 e. The van der Waals surface area contributed by atoms with Crippen LogP contribution in [-0.4, -0.2) is 23.2 Å². The van der Waals surface area contributed by atoms with Crippen molar-refractivity contribution in [3.63, 3.8) is 0 Å². The van der Waals surface area contributed by atoms with E-state index in [0.717, 1.165) is 12.0 Å². The number of H-pyrrole nitrogens is 1. The number of pyridine rings is 1. The molecule has 3 rings (SSSR count). The van der Waals surface area contributed by atoms with Crippen LogP contribution in [0.5, 0.6) is 0 Å². The molecule has 1 aliphatic carbocycles. The zero-order chi connectivity index (χ0) is 16.2. The molecule has 1 amide bonds. The van der Waals surface area contributed by atoms with Gasteiger partial charge in [-0.05, 0) is 30.9 Å². The highest BCUT2D eigenvalue weighted by molar-refractivity contribution is 6.01. The van der Waals surface area contributed by atoms with Gasteiger partial charge in [-0.2, -0.15) is 0 Å². The minimum Gasteiger partial charge on any atom is -0.352 e. The monoisotopic (exact) mass is 310 g/mol. The number of ketones is 1. The van der Waals surface area contributed by atoms with E-state index in [9.17, 15) is 14.4 Å². The average Bonchev–Trinajstić information content (AvgIpc) is 2.55. The van der Waals surface area contributed by atoms with E-state index in [2.05, 4.69) is 10.3 Å². The van der Waals surface area contributed by atoms with Crippen LogP contribution >= 0.6 is 0 Å². The molecule has 0 unspecified atom stereocenters. The summed E-state index contributed by atoms with van der Waals surface area (Å²) >= 11 is 0. The van der Waals surface area contributed by atoms with Crippen molar-refractivity contribution in [2.24, 2.45) is 0 Å². The molecule has 5 nitrogen and oxygen atoms in total. The molecule has 0 atom stereocenters. The lowest BCUT2D eigenvalue weighted by molar-refractivity contribution is 0.0952. The van der Waals surface area contributed by atoms with E-state index in [-0.39, 0.29) is 11.3 Å². The highest BCUT2D eigenvalue weighted by Gasteiger charge is 2.21. The Hall–Kier alpha value is -2.69. The van der Waals surface area contributed by atoms with Gasteiger partial charge in [0.1, 0.15) is 5.56 Å². The Labute approximate surface area is 133 Å². The molecule has 1 aliphatic rings. The quantitative estimate of drug-likeness (QED) is 0.905. The third kappa shape index (κ3) is 3.39. The lowest BCUT2D eigenvalue weighted by atomic mass is 9.93. The highest BCUT2D eigenvalue weighted by Crippen LogP contribution is 2.18. The number of Topliss-reactive ketones (excluding diaryl/α,β-unsaturated/α-hetero) is 1. The molecule has 2 N–H and O–H groups in total. The lowest BCUT2D eigenvalue weighted by Gasteiger charge is -2.15. The van der Waals surface area contributed by atoms with Crippen molar-refractivity contribution in [1.82, 2.24) is 10.3 Å². The molecule has 0 fully saturated rings. The number of aromatic nitrogens is 1. The van der Waals surface area contributed by atoms with Gasteiger partial charge < -0.3 is 10.3 Å². The summed E-state index contributed by atoms with van der Waals surface area (Å²) in [5.41, 5.74) is 1.81. The number of aryl methyl sites for hydroxylation is 1. The second-order valence-corrected chi connectivity index (χ2v) is 5.67. The maximum absolute atomic E-state index is 12.2. The minimum atomic E-state index is -0.441. The highest BCUT2D eigenvalue weighted by atomic mass is 16.2. The molecule has 0 saturated carbocycles. The van der Waals surface area contributed by atoms with E-state index in [0.29, 0.717) is 37.1 Å². The number of hydrogen-bond acceptors (Lipinski definition) is 3. The van der Waals surface area contributed by atoms with Crippen LogP contribution in [0.3, 0.4) is 0 Å². The second kappa shape index (κ2) is 6.60. The Kier molecular flexibility index (Phi) is 4.37. The third-order valence-electron chi connectivity index (χ3n) is 4.04. The van der Waals surface area contributed by atoms with Gasteiger partial charge in [-0.3, -0.25) is 14.4 Å². The van der Waals surface area contributed by atoms with Gasteiger partial charge in [0, 0.05) is 24.2 Å². The van der Waals surface area contributed by atoms with Crippen LogP contribution in [-0.2, 0) is 12.8 Å². The fraction of sp³-hybridized carbons (Fsp3) is 0.278. The fourth-order valence-electron chi connectivity index (χ4n) is 2.80. The Morgan fingerprint density at radius 1 is 1.13 bits per heavy atom. The topological polar surface area (TPSA) is 79.0 Å². The molecular formula is C18H18N2O3. The molecule has 118 valence electrons. The van der Waals surface area contributed by atoms with E-state index in [1.165, 1.54) is 6.07 Å². The molecule has 0 saturated heterocycles. The Morgan fingerprint density at radius 3 is 2.70 bits per heavy atom. The molecule has 2 aromatic rings. The summed E-state index contributed by atoms with van der Waals surface area (Å²) in [5, 5.41) is 2.74. The Morgan fingerprint density at radius 2 is 1.91 bits per heavy atom. The summed E-state index contributed by atoms with van der Waals surface area (Å²) in [6, 6.07) is 11.2. The predicted molar refractivity (Wildman–Crippen MR) is 86.8 cm³/mol. The molecule has 1 aromatic carbocycles. The van der Waals surface area contributed by atoms with Gasteiger partial charge in [0.25, 0.3) is 11.5 Å². The number of carbonyl (C=O) groups excluding carboxylic acids is 2. The third-order valence-corrected chi connectivity index (χ3v) is 4.04. The Balaban J connectivity index is 1.71. The average molecular weight is 310 g/mol. The number of nitrogens with one attached hydrogen (secondary N) is 2. The van der Waals surface area contributed by atoms with Crippen LogP contribution < -0.4 is 10.9 Å². The van der Waals surface area contributed by atoms with Crippen LogP contribution in [0, 0.1) is 0 Å². The molecular weight excluding hydrogens is 292 g/mol. The van der Waals surface area contributed by atoms with Gasteiger partial charge >= 0.3 is 0 Å². The zero-order valence-electron chi connectivity index (χ0n) is 12.7. The van der Waals surface area contributed by atoms with Crippen molar-refractivity contribution in [2.75, 3.05) is 6.54 Å². The molecule has 1 aromatic heterocycles. The molecule has 23 heavy (non-hydrogen) atoms. The minimum absolute atomic E-state index is 0.00654. The lowest BCUT2D eigenvalue weighted by Crippen LogP contribution is -2.32. The van der Waals surface area contributed by atoms with Gasteiger partial charge in [0.05, 0.1) is 0 Å². The number of rotatable bonds is 4. The van der Waals surface area contributed by atoms with Crippen LogP contribution in [0.25, 0.3) is 0 Å². The first-order valence-electron chi connectivity index (χ1n) is 7.76. The number of aromatic amines is 1. The van der Waals surface area contributed by atoms with Crippen molar-refractivity contribution >= 4 is 11.7 Å². The number of fused-ring (bicyclic) bond motifs is 1. The first-order chi connectivity index (χ1) is 11.1. The normalized spacial score (nSPS) is 13.5. The standard InChI is InChI=1S/C18H18N2O3/c21-16-8-4-7-15-13(16)11-14(18(23)20-15)17(22)19-10-9-12-5-2-1-3-6-12/h1-3,5-6,11H,4,7-10H2,(H,19,22)(H,20,23). The van der Waals surface area contributed by atoms with Gasteiger partial charge in [-0.15, -0.1) is 0 Å². The summed E-state index contributed by atoms with van der Waals surface area (Å²) in [7, 11) is 0. The van der Waals surface area contributed by atoms with Crippen LogP contribution in [0.2, 0.25) is 0 Å². The van der Waals surface area contributed by atoms with Crippen molar-refractivity contribution in [2.45, 2.75) is 25.7 Å². The summed E-state index contributed by atoms with van der Waals surface area (Å²) in [6.45, 7) is 0.438. The molecule has 5 heteroatoms. The van der Waals surface area contributed by atoms with E-state index >= 15 is 0 Å². The first-order valence-corrected chi connectivity index (χ1v) is 7.76. The number of hydrogen-bond donors (Lipinski definition) is 2. The van der Waals surface area contributed by atoms with Gasteiger partial charge in [-0.1, -0.05) is 30.3 Å². The first kappa shape index (κ1) is 15.2. The SMILES string of the molecule is O=C1CCCc2[nH]c(=O)c(C(=O)NCCc3ccccc3)cc21. The van der Waals surface area contributed by atoms with Crippen molar-refractivity contribution < 1.29 is 9.59 Å². The number of amides is 1. The summed E-state index contributed by atoms with van der Waals surface area (Å²) < 4.78 is 0. The van der Waals surface area contributed by atoms with Crippen LogP contribution in [0.4, 0.5) is 0 Å².